The smallest absolute Gasteiger partial charge is 0.232 e. The van der Waals surface area contributed by atoms with Crippen molar-refractivity contribution in [1.82, 2.24) is 19.7 Å². The van der Waals surface area contributed by atoms with Crippen LogP contribution in [-0.2, 0) is 16.0 Å². The number of fused-ring (bicyclic) bond motifs is 3. The summed E-state index contributed by atoms with van der Waals surface area (Å²) < 4.78 is 13.1. The number of amides is 1. The second kappa shape index (κ2) is 8.30. The molecular weight excluding hydrogens is 420 g/mol. The molecule has 0 bridgehead atoms. The second-order valence-electron chi connectivity index (χ2n) is 8.52. The zero-order valence-electron chi connectivity index (χ0n) is 18.8. The summed E-state index contributed by atoms with van der Waals surface area (Å²) in [5.41, 5.74) is 4.17. The average molecular weight is 444 g/mol. The molecule has 0 saturated carbocycles. The van der Waals surface area contributed by atoms with Crippen LogP contribution in [0.4, 0.5) is 5.69 Å². The van der Waals surface area contributed by atoms with E-state index in [1.807, 2.05) is 12.1 Å². The summed E-state index contributed by atoms with van der Waals surface area (Å²) in [6.07, 6.45) is 3.55. The third-order valence-electron chi connectivity index (χ3n) is 6.16. The van der Waals surface area contributed by atoms with Crippen molar-refractivity contribution in [2.75, 3.05) is 11.9 Å². The molecule has 1 saturated heterocycles. The Labute approximate surface area is 190 Å². The number of hydrogen-bond donors (Lipinski definition) is 1. The molecule has 33 heavy (non-hydrogen) atoms. The molecular formula is C24H24N6O3. The fraction of sp³-hybridized carbons (Fsp3) is 0.375. The number of benzene rings is 1. The van der Waals surface area contributed by atoms with Crippen LogP contribution in [0.2, 0.25) is 0 Å². The molecule has 0 aliphatic carbocycles. The highest BCUT2D eigenvalue weighted by Gasteiger charge is 2.27. The fourth-order valence-corrected chi connectivity index (χ4v) is 4.61. The molecule has 0 spiro atoms. The van der Waals surface area contributed by atoms with Gasteiger partial charge < -0.3 is 19.1 Å². The minimum absolute atomic E-state index is 0.0872. The largest absolute Gasteiger partial charge is 0.378 e. The lowest BCUT2D eigenvalue weighted by Gasteiger charge is -2.30. The summed E-state index contributed by atoms with van der Waals surface area (Å²) in [7, 11) is 0. The number of anilines is 1. The molecule has 3 aromatic heterocycles. The van der Waals surface area contributed by atoms with E-state index in [1.165, 1.54) is 0 Å². The van der Waals surface area contributed by atoms with Gasteiger partial charge in [0, 0.05) is 18.0 Å². The summed E-state index contributed by atoms with van der Waals surface area (Å²) in [5, 5.41) is 17.1. The maximum Gasteiger partial charge on any atom is 0.232 e. The Balaban J connectivity index is 1.63. The third kappa shape index (κ3) is 3.83. The van der Waals surface area contributed by atoms with Crippen LogP contribution in [0.3, 0.4) is 0 Å². The van der Waals surface area contributed by atoms with Crippen LogP contribution in [0.25, 0.3) is 21.9 Å². The van der Waals surface area contributed by atoms with Crippen LogP contribution in [0.1, 0.15) is 48.6 Å². The van der Waals surface area contributed by atoms with E-state index in [-0.39, 0.29) is 24.5 Å². The van der Waals surface area contributed by atoms with E-state index in [1.54, 1.807) is 26.1 Å². The van der Waals surface area contributed by atoms with Crippen molar-refractivity contribution in [3.63, 3.8) is 0 Å². The zero-order chi connectivity index (χ0) is 23.1. The number of nitrogens with one attached hydrogen (secondary N) is 1. The predicted molar refractivity (Wildman–Crippen MR) is 122 cm³/mol. The first-order valence-corrected chi connectivity index (χ1v) is 11.0. The number of pyridine rings is 1. The van der Waals surface area contributed by atoms with Gasteiger partial charge >= 0.3 is 0 Å². The van der Waals surface area contributed by atoms with Gasteiger partial charge in [0.1, 0.15) is 22.7 Å². The summed E-state index contributed by atoms with van der Waals surface area (Å²) in [4.78, 5) is 22.3. The molecule has 168 valence electrons. The summed E-state index contributed by atoms with van der Waals surface area (Å²) >= 11 is 0. The van der Waals surface area contributed by atoms with Gasteiger partial charge in [-0.15, -0.1) is 0 Å². The Morgan fingerprint density at radius 1 is 1.33 bits per heavy atom. The molecule has 0 radical (unpaired) electrons. The van der Waals surface area contributed by atoms with Crippen molar-refractivity contribution in [2.24, 2.45) is 0 Å². The minimum atomic E-state index is -0.198. The van der Waals surface area contributed by atoms with Crippen molar-refractivity contribution in [3.8, 4) is 6.07 Å². The molecule has 9 nitrogen and oxygen atoms in total. The number of ether oxygens (including phenoxy) is 1. The Hall–Kier alpha value is -3.77. The molecule has 4 aromatic rings. The van der Waals surface area contributed by atoms with E-state index in [2.05, 4.69) is 33.0 Å². The second-order valence-corrected chi connectivity index (χ2v) is 8.52. The maximum absolute atomic E-state index is 13.0. The Morgan fingerprint density at radius 3 is 2.91 bits per heavy atom. The lowest BCUT2D eigenvalue weighted by Crippen LogP contribution is -2.27. The van der Waals surface area contributed by atoms with Crippen molar-refractivity contribution < 1.29 is 14.1 Å². The van der Waals surface area contributed by atoms with E-state index in [4.69, 9.17) is 14.2 Å². The molecule has 1 fully saturated rings. The van der Waals surface area contributed by atoms with E-state index in [9.17, 15) is 10.1 Å². The molecule has 1 amide bonds. The van der Waals surface area contributed by atoms with E-state index in [0.717, 1.165) is 29.3 Å². The number of rotatable bonds is 4. The van der Waals surface area contributed by atoms with E-state index < -0.39 is 0 Å². The Bertz CT molecular complexity index is 1390. The lowest BCUT2D eigenvalue weighted by atomic mass is 10.0. The topological polar surface area (TPSA) is 119 Å². The quantitative estimate of drug-likeness (QED) is 0.505. The van der Waals surface area contributed by atoms with Gasteiger partial charge in [0.2, 0.25) is 5.91 Å². The van der Waals surface area contributed by atoms with Crippen LogP contribution < -0.4 is 5.32 Å². The number of imidazole rings is 1. The molecule has 2 atom stereocenters. The van der Waals surface area contributed by atoms with Gasteiger partial charge in [-0.2, -0.15) is 5.26 Å². The van der Waals surface area contributed by atoms with Crippen molar-refractivity contribution in [1.29, 1.82) is 5.26 Å². The van der Waals surface area contributed by atoms with Crippen LogP contribution in [0.5, 0.6) is 0 Å². The van der Waals surface area contributed by atoms with E-state index in [0.29, 0.717) is 40.7 Å². The number of nitrogens with zero attached hydrogens (tertiary/aromatic N) is 5. The highest BCUT2D eigenvalue weighted by Crippen LogP contribution is 2.34. The van der Waals surface area contributed by atoms with Gasteiger partial charge in [0.05, 0.1) is 41.4 Å². The zero-order valence-corrected chi connectivity index (χ0v) is 18.8. The first-order chi connectivity index (χ1) is 15.9. The number of nitriles is 1. The van der Waals surface area contributed by atoms with Crippen LogP contribution in [0.15, 0.2) is 28.9 Å². The van der Waals surface area contributed by atoms with Gasteiger partial charge in [0.15, 0.2) is 5.76 Å². The standard InChI is InChI=1S/C24H24N6O3/c1-13-8-17(6-7-32-13)30-21(10-22(31)28-23-14(2)29-33-15(23)3)27-20-12-26-19-5-4-16(11-25)9-18(19)24(20)30/h4-5,9,12-13,17H,6-8,10H2,1-3H3,(H,28,31)/t13-,17-/m1/s1. The highest BCUT2D eigenvalue weighted by molar-refractivity contribution is 6.03. The molecule has 4 heterocycles. The normalized spacial score (nSPS) is 18.5. The Morgan fingerprint density at radius 2 is 2.18 bits per heavy atom. The molecule has 0 unspecified atom stereocenters. The first-order valence-electron chi connectivity index (χ1n) is 11.0. The van der Waals surface area contributed by atoms with Gasteiger partial charge in [-0.25, -0.2) is 4.98 Å². The molecule has 1 aromatic carbocycles. The highest BCUT2D eigenvalue weighted by atomic mass is 16.5. The number of aryl methyl sites for hydroxylation is 2. The van der Waals surface area contributed by atoms with E-state index >= 15 is 0 Å². The van der Waals surface area contributed by atoms with Gasteiger partial charge in [-0.3, -0.25) is 9.78 Å². The monoisotopic (exact) mass is 444 g/mol. The third-order valence-corrected chi connectivity index (χ3v) is 6.16. The number of aromatic nitrogens is 4. The van der Waals surface area contributed by atoms with Gasteiger partial charge in [-0.05, 0) is 51.8 Å². The molecule has 1 N–H and O–H groups in total. The van der Waals surface area contributed by atoms with Crippen LogP contribution in [0, 0.1) is 25.2 Å². The summed E-state index contributed by atoms with van der Waals surface area (Å²) in [6, 6.07) is 7.79. The molecule has 1 aliphatic rings. The molecule has 5 rings (SSSR count). The van der Waals surface area contributed by atoms with Crippen molar-refractivity contribution in [2.45, 2.75) is 52.2 Å². The minimum Gasteiger partial charge on any atom is -0.378 e. The SMILES string of the molecule is Cc1noc(C)c1NC(=O)Cc1nc2cnc3ccc(C#N)cc3c2n1[C@@H]1CCO[C@H](C)C1. The number of carbonyl (C=O) groups is 1. The average Bonchev–Trinajstić information content (AvgIpc) is 3.33. The summed E-state index contributed by atoms with van der Waals surface area (Å²) in [5.74, 6) is 1.02. The van der Waals surface area contributed by atoms with Crippen molar-refractivity contribution >= 4 is 33.5 Å². The molecule has 1 aliphatic heterocycles. The number of hydrogen-bond acceptors (Lipinski definition) is 7. The fourth-order valence-electron chi connectivity index (χ4n) is 4.61. The maximum atomic E-state index is 13.0. The predicted octanol–water partition coefficient (Wildman–Crippen LogP) is 3.98. The van der Waals surface area contributed by atoms with Gasteiger partial charge in [-0.1, -0.05) is 5.16 Å². The lowest BCUT2D eigenvalue weighted by molar-refractivity contribution is -0.115. The Kier molecular flexibility index (Phi) is 5.30. The number of carbonyl (C=O) groups excluding carboxylic acids is 1. The van der Waals surface area contributed by atoms with Crippen molar-refractivity contribution in [3.05, 3.63) is 47.2 Å². The molecule has 9 heteroatoms. The van der Waals surface area contributed by atoms with Crippen LogP contribution in [-0.4, -0.2) is 38.3 Å². The summed E-state index contributed by atoms with van der Waals surface area (Å²) in [6.45, 7) is 6.25. The first kappa shape index (κ1) is 21.1. The van der Waals surface area contributed by atoms with Crippen LogP contribution >= 0.6 is 0 Å². The van der Waals surface area contributed by atoms with Gasteiger partial charge in [0.25, 0.3) is 0 Å².